The number of hydrogen-bond acceptors (Lipinski definition) is 5. The number of rotatable bonds is 2. The van der Waals surface area contributed by atoms with E-state index in [9.17, 15) is 22.4 Å². The first kappa shape index (κ1) is 20.3. The molecule has 0 aliphatic carbocycles. The molecule has 0 saturated heterocycles. The van der Waals surface area contributed by atoms with Crippen molar-refractivity contribution < 1.29 is 22.4 Å². The SMILES string of the molecule is Cc1c(F)cc(C#N)cc1NC1=NC(=O)N(C)C2=NCC(c3cc(F)c(F)c(F)c3)N12. The van der Waals surface area contributed by atoms with Gasteiger partial charge < -0.3 is 5.32 Å². The van der Waals surface area contributed by atoms with Crippen molar-refractivity contribution in [1.29, 1.82) is 5.26 Å². The van der Waals surface area contributed by atoms with Gasteiger partial charge >= 0.3 is 6.03 Å². The molecule has 7 nitrogen and oxygen atoms in total. The van der Waals surface area contributed by atoms with Gasteiger partial charge in [0, 0.05) is 18.3 Å². The van der Waals surface area contributed by atoms with Gasteiger partial charge in [0.05, 0.1) is 24.2 Å². The summed E-state index contributed by atoms with van der Waals surface area (Å²) in [5.41, 5.74) is 0.455. The summed E-state index contributed by atoms with van der Waals surface area (Å²) in [5.74, 6) is -4.90. The molecule has 158 valence electrons. The highest BCUT2D eigenvalue weighted by Crippen LogP contribution is 2.33. The molecule has 1 unspecified atom stereocenters. The van der Waals surface area contributed by atoms with Crippen LogP contribution in [0, 0.1) is 41.5 Å². The fourth-order valence-electron chi connectivity index (χ4n) is 3.38. The molecule has 4 rings (SSSR count). The van der Waals surface area contributed by atoms with Crippen molar-refractivity contribution in [3.05, 3.63) is 64.2 Å². The summed E-state index contributed by atoms with van der Waals surface area (Å²) in [6.07, 6.45) is 0. The Hall–Kier alpha value is -3.94. The molecule has 0 saturated carbocycles. The van der Waals surface area contributed by atoms with Crippen LogP contribution in [0.25, 0.3) is 0 Å². The monoisotopic (exact) mass is 430 g/mol. The third-order valence-corrected chi connectivity index (χ3v) is 5.06. The van der Waals surface area contributed by atoms with E-state index in [0.29, 0.717) is 0 Å². The smallest absolute Gasteiger partial charge is 0.325 e. The molecule has 31 heavy (non-hydrogen) atoms. The number of aliphatic imine (C=N–C) groups is 2. The molecule has 2 aromatic carbocycles. The Morgan fingerprint density at radius 2 is 1.81 bits per heavy atom. The lowest BCUT2D eigenvalue weighted by atomic mass is 10.1. The second-order valence-corrected chi connectivity index (χ2v) is 6.97. The Bertz CT molecular complexity index is 1200. The van der Waals surface area contributed by atoms with E-state index in [1.807, 2.05) is 6.07 Å². The number of anilines is 1. The fourth-order valence-corrected chi connectivity index (χ4v) is 3.38. The minimum absolute atomic E-state index is 0.00371. The average Bonchev–Trinajstić information content (AvgIpc) is 3.18. The van der Waals surface area contributed by atoms with Crippen molar-refractivity contribution in [2.45, 2.75) is 13.0 Å². The average molecular weight is 430 g/mol. The van der Waals surface area contributed by atoms with Crippen LogP contribution in [0.4, 0.5) is 28.0 Å². The van der Waals surface area contributed by atoms with E-state index in [0.717, 1.165) is 23.1 Å². The first-order valence-electron chi connectivity index (χ1n) is 9.03. The highest BCUT2D eigenvalue weighted by Gasteiger charge is 2.41. The van der Waals surface area contributed by atoms with Gasteiger partial charge in [0.15, 0.2) is 17.5 Å². The Balaban J connectivity index is 1.78. The molecule has 0 spiro atoms. The number of carbonyl (C=O) groups excluding carboxylic acids is 1. The van der Waals surface area contributed by atoms with Crippen molar-refractivity contribution in [1.82, 2.24) is 9.80 Å². The van der Waals surface area contributed by atoms with Crippen LogP contribution in [0.3, 0.4) is 0 Å². The summed E-state index contributed by atoms with van der Waals surface area (Å²) >= 11 is 0. The summed E-state index contributed by atoms with van der Waals surface area (Å²) < 4.78 is 55.3. The minimum Gasteiger partial charge on any atom is -0.325 e. The summed E-state index contributed by atoms with van der Waals surface area (Å²) in [5, 5.41) is 11.9. The van der Waals surface area contributed by atoms with Gasteiger partial charge in [0.25, 0.3) is 0 Å². The van der Waals surface area contributed by atoms with Crippen LogP contribution in [-0.2, 0) is 0 Å². The lowest BCUT2D eigenvalue weighted by Crippen LogP contribution is -2.53. The number of guanidine groups is 2. The largest absolute Gasteiger partial charge is 0.353 e. The quantitative estimate of drug-likeness (QED) is 0.582. The van der Waals surface area contributed by atoms with Crippen molar-refractivity contribution in [3.63, 3.8) is 0 Å². The number of nitrogens with zero attached hydrogens (tertiary/aromatic N) is 5. The maximum Gasteiger partial charge on any atom is 0.353 e. The van der Waals surface area contributed by atoms with E-state index >= 15 is 0 Å². The van der Waals surface area contributed by atoms with Gasteiger partial charge in [0.1, 0.15) is 5.82 Å². The highest BCUT2D eigenvalue weighted by molar-refractivity contribution is 6.17. The number of nitrogens with one attached hydrogen (secondary N) is 1. The number of urea groups is 1. The second kappa shape index (κ2) is 7.39. The van der Waals surface area contributed by atoms with Gasteiger partial charge in [-0.15, -0.1) is 0 Å². The molecule has 0 bridgehead atoms. The van der Waals surface area contributed by atoms with E-state index in [4.69, 9.17) is 5.26 Å². The van der Waals surface area contributed by atoms with E-state index in [1.165, 1.54) is 24.9 Å². The Morgan fingerprint density at radius 3 is 2.45 bits per heavy atom. The summed E-state index contributed by atoms with van der Waals surface area (Å²) in [6, 6.07) is 4.48. The molecule has 0 aromatic heterocycles. The number of benzene rings is 2. The third kappa shape index (κ3) is 3.35. The Labute approximate surface area is 173 Å². The molecule has 0 fully saturated rings. The van der Waals surface area contributed by atoms with Crippen LogP contribution in [0.15, 0.2) is 34.3 Å². The van der Waals surface area contributed by atoms with Gasteiger partial charge in [-0.3, -0.25) is 9.80 Å². The first-order chi connectivity index (χ1) is 14.7. The topological polar surface area (TPSA) is 84.1 Å². The number of fused-ring (bicyclic) bond motifs is 1. The molecule has 2 aliphatic rings. The van der Waals surface area contributed by atoms with Gasteiger partial charge in [-0.05, 0) is 36.8 Å². The van der Waals surface area contributed by atoms with Gasteiger partial charge in [-0.2, -0.15) is 10.3 Å². The molecule has 11 heteroatoms. The van der Waals surface area contributed by atoms with Crippen LogP contribution in [0.5, 0.6) is 0 Å². The maximum atomic E-state index is 14.2. The van der Waals surface area contributed by atoms with E-state index in [-0.39, 0.29) is 40.8 Å². The zero-order valence-electron chi connectivity index (χ0n) is 16.3. The molecule has 2 aromatic rings. The number of nitriles is 1. The zero-order chi connectivity index (χ0) is 22.4. The number of carbonyl (C=O) groups is 1. The summed E-state index contributed by atoms with van der Waals surface area (Å²) in [6.45, 7) is 1.47. The molecule has 0 radical (unpaired) electrons. The predicted molar refractivity (Wildman–Crippen MR) is 103 cm³/mol. The standard InChI is InChI=1S/C20H14F4N6O/c1-9-12(21)3-10(7-25)4-15(9)27-18-28-20(31)29(2)19-26-8-16(30(18)19)11-5-13(22)17(24)14(23)6-11/h3-6,16H,8H2,1-2H3,(H,27,28,31). The third-order valence-electron chi connectivity index (χ3n) is 5.06. The first-order valence-corrected chi connectivity index (χ1v) is 9.03. The second-order valence-electron chi connectivity index (χ2n) is 6.97. The van der Waals surface area contributed by atoms with Crippen molar-refractivity contribution in [2.24, 2.45) is 9.98 Å². The molecule has 1 N–H and O–H groups in total. The summed E-state index contributed by atoms with van der Waals surface area (Å²) in [7, 11) is 1.42. The van der Waals surface area contributed by atoms with Gasteiger partial charge in [0.2, 0.25) is 11.9 Å². The highest BCUT2D eigenvalue weighted by atomic mass is 19.2. The van der Waals surface area contributed by atoms with Crippen molar-refractivity contribution in [3.8, 4) is 6.07 Å². The van der Waals surface area contributed by atoms with Crippen molar-refractivity contribution >= 4 is 23.6 Å². The predicted octanol–water partition coefficient (Wildman–Crippen LogP) is 3.67. The number of halogens is 4. The molecular weight excluding hydrogens is 416 g/mol. The maximum absolute atomic E-state index is 14.2. The normalized spacial score (nSPS) is 17.8. The Kier molecular flexibility index (Phi) is 4.85. The summed E-state index contributed by atoms with van der Waals surface area (Å²) in [4.78, 5) is 23.0. The van der Waals surface area contributed by atoms with Crippen molar-refractivity contribution in [2.75, 3.05) is 18.9 Å². The van der Waals surface area contributed by atoms with Crippen LogP contribution in [0.2, 0.25) is 0 Å². The molecule has 2 aliphatic heterocycles. The van der Waals surface area contributed by atoms with Gasteiger partial charge in [-0.1, -0.05) is 0 Å². The number of amides is 2. The van der Waals surface area contributed by atoms with Crippen LogP contribution in [-0.4, -0.2) is 41.3 Å². The van der Waals surface area contributed by atoms with E-state index < -0.39 is 35.3 Å². The Morgan fingerprint density at radius 1 is 1.13 bits per heavy atom. The lowest BCUT2D eigenvalue weighted by molar-refractivity contribution is 0.230. The van der Waals surface area contributed by atoms with Crippen LogP contribution < -0.4 is 5.32 Å². The lowest BCUT2D eigenvalue weighted by Gasteiger charge is -2.35. The molecule has 2 heterocycles. The molecular formula is C20H14F4N6O. The van der Waals surface area contributed by atoms with Crippen LogP contribution in [0.1, 0.15) is 22.7 Å². The minimum atomic E-state index is -1.60. The van der Waals surface area contributed by atoms with Gasteiger partial charge in [-0.25, -0.2) is 27.3 Å². The van der Waals surface area contributed by atoms with E-state index in [1.54, 1.807) is 0 Å². The van der Waals surface area contributed by atoms with Crippen LogP contribution >= 0.6 is 0 Å². The molecule has 1 atom stereocenters. The van der Waals surface area contributed by atoms with E-state index in [2.05, 4.69) is 15.3 Å². The molecule has 2 amide bonds. The number of hydrogen-bond donors (Lipinski definition) is 1. The fraction of sp³-hybridized carbons (Fsp3) is 0.200. The zero-order valence-corrected chi connectivity index (χ0v) is 16.3.